The average molecular weight is 418 g/mol. The summed E-state index contributed by atoms with van der Waals surface area (Å²) in [4.78, 5) is 20.7. The molecule has 0 aliphatic rings. The molecular weight excluding hydrogens is 402 g/mol. The highest BCUT2D eigenvalue weighted by atomic mass is 79.9. The van der Waals surface area contributed by atoms with Crippen molar-refractivity contribution in [3.05, 3.63) is 64.2 Å². The van der Waals surface area contributed by atoms with Crippen molar-refractivity contribution in [2.75, 3.05) is 13.2 Å². The number of pyridine rings is 1. The first-order valence-corrected chi connectivity index (χ1v) is 9.39. The number of carbonyl (C=O) groups excluding carboxylic acids is 1. The summed E-state index contributed by atoms with van der Waals surface area (Å²) >= 11 is 4.88. The van der Waals surface area contributed by atoms with Crippen LogP contribution in [0.3, 0.4) is 0 Å². The number of amides is 1. The third-order valence-electron chi connectivity index (χ3n) is 3.27. The summed E-state index contributed by atoms with van der Waals surface area (Å²) in [5.41, 5.74) is 1.57. The van der Waals surface area contributed by atoms with Crippen LogP contribution in [0.15, 0.2) is 58.5 Å². The number of aromatic nitrogens is 2. The summed E-state index contributed by atoms with van der Waals surface area (Å²) in [6.45, 7) is 0.862. The van der Waals surface area contributed by atoms with Gasteiger partial charge in [0.25, 0.3) is 0 Å². The SMILES string of the molecule is O=C(Cc1csc(-c2ccccn2)n1)NCCOc1cccc(Br)c1. The number of carbonyl (C=O) groups is 1. The highest BCUT2D eigenvalue weighted by molar-refractivity contribution is 9.10. The summed E-state index contributed by atoms with van der Waals surface area (Å²) in [6.07, 6.45) is 1.98. The highest BCUT2D eigenvalue weighted by Crippen LogP contribution is 2.21. The fourth-order valence-electron chi connectivity index (χ4n) is 2.14. The van der Waals surface area contributed by atoms with Gasteiger partial charge in [0.1, 0.15) is 17.4 Å². The van der Waals surface area contributed by atoms with E-state index >= 15 is 0 Å². The summed E-state index contributed by atoms with van der Waals surface area (Å²) in [6, 6.07) is 13.3. The molecule has 1 N–H and O–H groups in total. The number of nitrogens with zero attached hydrogens (tertiary/aromatic N) is 2. The Balaban J connectivity index is 1.43. The second-order valence-electron chi connectivity index (χ2n) is 5.19. The van der Waals surface area contributed by atoms with Gasteiger partial charge in [-0.1, -0.05) is 28.1 Å². The number of ether oxygens (including phenoxy) is 1. The minimum Gasteiger partial charge on any atom is -0.492 e. The van der Waals surface area contributed by atoms with Crippen LogP contribution in [-0.4, -0.2) is 29.0 Å². The Morgan fingerprint density at radius 3 is 2.96 bits per heavy atom. The first-order chi connectivity index (χ1) is 12.2. The number of benzene rings is 1. The van der Waals surface area contributed by atoms with Crippen molar-refractivity contribution in [1.29, 1.82) is 0 Å². The Bertz CT molecular complexity index is 839. The van der Waals surface area contributed by atoms with E-state index in [1.54, 1.807) is 6.20 Å². The van der Waals surface area contributed by atoms with Crippen LogP contribution in [0.5, 0.6) is 5.75 Å². The Morgan fingerprint density at radius 2 is 2.16 bits per heavy atom. The van der Waals surface area contributed by atoms with Gasteiger partial charge in [-0.25, -0.2) is 4.98 Å². The van der Waals surface area contributed by atoms with Crippen LogP contribution in [0.25, 0.3) is 10.7 Å². The lowest BCUT2D eigenvalue weighted by atomic mass is 10.3. The van der Waals surface area contributed by atoms with Gasteiger partial charge in [-0.15, -0.1) is 11.3 Å². The molecule has 0 saturated heterocycles. The van der Waals surface area contributed by atoms with E-state index in [2.05, 4.69) is 31.2 Å². The van der Waals surface area contributed by atoms with Gasteiger partial charge in [-0.05, 0) is 30.3 Å². The molecule has 0 aliphatic carbocycles. The molecule has 0 fully saturated rings. The quantitative estimate of drug-likeness (QED) is 0.595. The van der Waals surface area contributed by atoms with Gasteiger partial charge in [-0.3, -0.25) is 9.78 Å². The largest absolute Gasteiger partial charge is 0.492 e. The van der Waals surface area contributed by atoms with Crippen molar-refractivity contribution < 1.29 is 9.53 Å². The number of halogens is 1. The van der Waals surface area contributed by atoms with Gasteiger partial charge in [0, 0.05) is 16.0 Å². The molecule has 3 aromatic rings. The fourth-order valence-corrected chi connectivity index (χ4v) is 3.31. The van der Waals surface area contributed by atoms with Crippen molar-refractivity contribution in [2.45, 2.75) is 6.42 Å². The molecule has 2 heterocycles. The lowest BCUT2D eigenvalue weighted by Crippen LogP contribution is -2.29. The van der Waals surface area contributed by atoms with Gasteiger partial charge < -0.3 is 10.1 Å². The van der Waals surface area contributed by atoms with Gasteiger partial charge in [0.05, 0.1) is 24.4 Å². The average Bonchev–Trinajstić information content (AvgIpc) is 3.08. The van der Waals surface area contributed by atoms with Crippen LogP contribution in [0.1, 0.15) is 5.69 Å². The molecule has 25 heavy (non-hydrogen) atoms. The zero-order chi connectivity index (χ0) is 17.5. The Morgan fingerprint density at radius 1 is 1.24 bits per heavy atom. The first kappa shape index (κ1) is 17.6. The van der Waals surface area contributed by atoms with E-state index in [9.17, 15) is 4.79 Å². The first-order valence-electron chi connectivity index (χ1n) is 7.71. The van der Waals surface area contributed by atoms with E-state index in [4.69, 9.17) is 4.74 Å². The van der Waals surface area contributed by atoms with Crippen molar-refractivity contribution in [3.63, 3.8) is 0 Å². The lowest BCUT2D eigenvalue weighted by molar-refractivity contribution is -0.120. The molecule has 0 atom stereocenters. The molecule has 5 nitrogen and oxygen atoms in total. The van der Waals surface area contributed by atoms with Crippen LogP contribution in [0, 0.1) is 0 Å². The van der Waals surface area contributed by atoms with E-state index < -0.39 is 0 Å². The van der Waals surface area contributed by atoms with E-state index in [-0.39, 0.29) is 12.3 Å². The van der Waals surface area contributed by atoms with E-state index in [1.165, 1.54) is 11.3 Å². The molecule has 0 saturated carbocycles. The van der Waals surface area contributed by atoms with Gasteiger partial charge in [0.2, 0.25) is 5.91 Å². The number of hydrogen-bond acceptors (Lipinski definition) is 5. The van der Waals surface area contributed by atoms with Crippen LogP contribution in [0.4, 0.5) is 0 Å². The maximum atomic E-state index is 12.0. The number of hydrogen-bond donors (Lipinski definition) is 1. The van der Waals surface area contributed by atoms with E-state index in [0.717, 1.165) is 26.6 Å². The molecule has 2 aromatic heterocycles. The standard InChI is InChI=1S/C18H16BrN3O2S/c19-13-4-3-5-15(10-13)24-9-8-21-17(23)11-14-12-25-18(22-14)16-6-1-2-7-20-16/h1-7,10,12H,8-9,11H2,(H,21,23). The van der Waals surface area contributed by atoms with Crippen LogP contribution in [-0.2, 0) is 11.2 Å². The Hall–Kier alpha value is -2.25. The third kappa shape index (κ3) is 5.37. The topological polar surface area (TPSA) is 64.1 Å². The summed E-state index contributed by atoms with van der Waals surface area (Å²) in [7, 11) is 0. The van der Waals surface area contributed by atoms with Gasteiger partial charge in [-0.2, -0.15) is 0 Å². The molecule has 0 unspecified atom stereocenters. The van der Waals surface area contributed by atoms with Crippen LogP contribution in [0.2, 0.25) is 0 Å². The maximum absolute atomic E-state index is 12.0. The minimum absolute atomic E-state index is 0.0734. The number of nitrogens with one attached hydrogen (secondary N) is 1. The van der Waals surface area contributed by atoms with Gasteiger partial charge >= 0.3 is 0 Å². The Labute approximate surface area is 158 Å². The zero-order valence-corrected chi connectivity index (χ0v) is 15.7. The minimum atomic E-state index is -0.0734. The van der Waals surface area contributed by atoms with Crippen LogP contribution < -0.4 is 10.1 Å². The van der Waals surface area contributed by atoms with Crippen LogP contribution >= 0.6 is 27.3 Å². The van der Waals surface area contributed by atoms with Crippen molar-refractivity contribution in [1.82, 2.24) is 15.3 Å². The third-order valence-corrected chi connectivity index (χ3v) is 4.67. The molecule has 0 spiro atoms. The Kier molecular flexibility index (Phi) is 6.14. The molecule has 0 aliphatic heterocycles. The van der Waals surface area contributed by atoms with Gasteiger partial charge in [0.15, 0.2) is 0 Å². The summed E-state index contributed by atoms with van der Waals surface area (Å²) in [5, 5.41) is 5.55. The molecule has 0 radical (unpaired) electrons. The predicted molar refractivity (Wildman–Crippen MR) is 102 cm³/mol. The zero-order valence-electron chi connectivity index (χ0n) is 13.3. The van der Waals surface area contributed by atoms with Crippen molar-refractivity contribution in [3.8, 4) is 16.5 Å². The normalized spacial score (nSPS) is 10.4. The monoisotopic (exact) mass is 417 g/mol. The van der Waals surface area contributed by atoms with E-state index in [0.29, 0.717) is 13.2 Å². The number of thiazole rings is 1. The fraction of sp³-hybridized carbons (Fsp3) is 0.167. The second kappa shape index (κ2) is 8.73. The van der Waals surface area contributed by atoms with Crippen molar-refractivity contribution >= 4 is 33.2 Å². The second-order valence-corrected chi connectivity index (χ2v) is 6.97. The molecule has 128 valence electrons. The molecule has 0 bridgehead atoms. The predicted octanol–water partition coefficient (Wildman–Crippen LogP) is 3.71. The summed E-state index contributed by atoms with van der Waals surface area (Å²) < 4.78 is 6.54. The van der Waals surface area contributed by atoms with E-state index in [1.807, 2.05) is 47.8 Å². The summed E-state index contributed by atoms with van der Waals surface area (Å²) in [5.74, 6) is 0.693. The smallest absolute Gasteiger partial charge is 0.226 e. The molecule has 1 aromatic carbocycles. The highest BCUT2D eigenvalue weighted by Gasteiger charge is 2.09. The number of rotatable bonds is 7. The lowest BCUT2D eigenvalue weighted by Gasteiger charge is -2.07. The maximum Gasteiger partial charge on any atom is 0.226 e. The molecule has 7 heteroatoms. The molecule has 3 rings (SSSR count). The molecular formula is C18H16BrN3O2S. The van der Waals surface area contributed by atoms with Crippen molar-refractivity contribution in [2.24, 2.45) is 0 Å². The molecule has 1 amide bonds.